The molecule has 60 valence electrons. The molecular formula is C6H13NO3. The van der Waals surface area contributed by atoms with Gasteiger partial charge in [-0.05, 0) is 5.92 Å². The first-order valence-electron chi connectivity index (χ1n) is 3.15. The van der Waals surface area contributed by atoms with Crippen molar-refractivity contribution >= 4 is 6.41 Å². The fraction of sp³-hybridized carbons (Fsp3) is 0.833. The first-order valence-corrected chi connectivity index (χ1v) is 3.15. The molecule has 0 radical (unpaired) electrons. The molecule has 0 aliphatic carbocycles. The Balaban J connectivity index is 3.84. The van der Waals surface area contributed by atoms with Crippen molar-refractivity contribution in [3.05, 3.63) is 0 Å². The van der Waals surface area contributed by atoms with Crippen LogP contribution in [0.5, 0.6) is 0 Å². The summed E-state index contributed by atoms with van der Waals surface area (Å²) in [6, 6.07) is -0.572. The number of carbonyl (C=O) groups is 1. The molecule has 0 aromatic carbocycles. The smallest absolute Gasteiger partial charge is 0.207 e. The minimum atomic E-state index is -1.48. The molecule has 10 heavy (non-hydrogen) atoms. The quantitative estimate of drug-likeness (QED) is 0.355. The van der Waals surface area contributed by atoms with Gasteiger partial charge in [0.25, 0.3) is 0 Å². The molecule has 1 amide bonds. The van der Waals surface area contributed by atoms with Crippen molar-refractivity contribution in [3.63, 3.8) is 0 Å². The van der Waals surface area contributed by atoms with Crippen LogP contribution in [0.25, 0.3) is 0 Å². The number of aliphatic hydroxyl groups excluding tert-OH is 1. The van der Waals surface area contributed by atoms with Gasteiger partial charge in [0.05, 0.1) is 6.04 Å². The molecule has 0 fully saturated rings. The molecule has 0 spiro atoms. The number of hydrogen-bond donors (Lipinski definition) is 3. The van der Waals surface area contributed by atoms with E-state index >= 15 is 0 Å². The van der Waals surface area contributed by atoms with Crippen LogP contribution in [0.1, 0.15) is 13.8 Å². The van der Waals surface area contributed by atoms with Crippen LogP contribution in [0.3, 0.4) is 0 Å². The number of aliphatic hydroxyl groups is 2. The minimum absolute atomic E-state index is 0.0187. The van der Waals surface area contributed by atoms with Gasteiger partial charge in [0.2, 0.25) is 6.41 Å². The van der Waals surface area contributed by atoms with E-state index in [0.29, 0.717) is 6.41 Å². The van der Waals surface area contributed by atoms with Gasteiger partial charge in [-0.15, -0.1) is 0 Å². The second-order valence-corrected chi connectivity index (χ2v) is 2.47. The van der Waals surface area contributed by atoms with Gasteiger partial charge in [-0.1, -0.05) is 13.8 Å². The zero-order valence-electron chi connectivity index (χ0n) is 6.11. The number of hydrogen-bond acceptors (Lipinski definition) is 3. The predicted molar refractivity (Wildman–Crippen MR) is 36.1 cm³/mol. The highest BCUT2D eigenvalue weighted by atomic mass is 16.5. The summed E-state index contributed by atoms with van der Waals surface area (Å²) in [5.74, 6) is 0.0187. The molecule has 0 saturated heterocycles. The molecule has 0 heterocycles. The van der Waals surface area contributed by atoms with E-state index in [4.69, 9.17) is 10.2 Å². The van der Waals surface area contributed by atoms with Crippen molar-refractivity contribution in [2.45, 2.75) is 26.2 Å². The Morgan fingerprint density at radius 1 is 1.40 bits per heavy atom. The molecule has 0 saturated carbocycles. The third-order valence-corrected chi connectivity index (χ3v) is 1.30. The van der Waals surface area contributed by atoms with Gasteiger partial charge in [-0.25, -0.2) is 0 Å². The Bertz CT molecular complexity index is 95.2. The Morgan fingerprint density at radius 3 is 2.00 bits per heavy atom. The van der Waals surface area contributed by atoms with Crippen LogP contribution in [0.15, 0.2) is 0 Å². The van der Waals surface area contributed by atoms with Crippen molar-refractivity contribution in [2.75, 3.05) is 0 Å². The molecule has 3 N–H and O–H groups in total. The average Bonchev–Trinajstić information content (AvgIpc) is 1.81. The van der Waals surface area contributed by atoms with Gasteiger partial charge in [-0.2, -0.15) is 0 Å². The van der Waals surface area contributed by atoms with Gasteiger partial charge < -0.3 is 15.5 Å². The molecule has 0 aromatic rings. The number of carbonyl (C=O) groups excluding carboxylic acids is 1. The van der Waals surface area contributed by atoms with Gasteiger partial charge in [-0.3, -0.25) is 4.79 Å². The van der Waals surface area contributed by atoms with E-state index in [1.807, 2.05) is 0 Å². The maximum absolute atomic E-state index is 9.89. The topological polar surface area (TPSA) is 69.6 Å². The summed E-state index contributed by atoms with van der Waals surface area (Å²) in [5.41, 5.74) is 0. The van der Waals surface area contributed by atoms with Crippen LogP contribution in [0.2, 0.25) is 0 Å². The first kappa shape index (κ1) is 9.39. The minimum Gasteiger partial charge on any atom is -0.366 e. The summed E-state index contributed by atoms with van der Waals surface area (Å²) in [5, 5.41) is 19.6. The second-order valence-electron chi connectivity index (χ2n) is 2.47. The van der Waals surface area contributed by atoms with E-state index < -0.39 is 12.3 Å². The number of rotatable bonds is 4. The highest BCUT2D eigenvalue weighted by Gasteiger charge is 2.18. The monoisotopic (exact) mass is 147 g/mol. The summed E-state index contributed by atoms with van der Waals surface area (Å²) in [7, 11) is 0. The van der Waals surface area contributed by atoms with E-state index in [9.17, 15) is 4.79 Å². The fourth-order valence-corrected chi connectivity index (χ4v) is 0.701. The van der Waals surface area contributed by atoms with Crippen molar-refractivity contribution in [1.82, 2.24) is 5.32 Å². The van der Waals surface area contributed by atoms with Crippen molar-refractivity contribution in [2.24, 2.45) is 5.92 Å². The lowest BCUT2D eigenvalue weighted by Gasteiger charge is -2.21. The standard InChI is InChI=1S/C6H13NO3/c1-4(2)5(6(9)10)7-3-8/h3-6,9-10H,1-2H3,(H,7,8)/t5-/m0/s1. The lowest BCUT2D eigenvalue weighted by Crippen LogP contribution is -2.42. The summed E-state index contributed by atoms with van der Waals surface area (Å²) >= 11 is 0. The second kappa shape index (κ2) is 4.24. The Hall–Kier alpha value is -0.610. The summed E-state index contributed by atoms with van der Waals surface area (Å²) in [4.78, 5) is 9.89. The molecule has 1 atom stereocenters. The maximum atomic E-state index is 9.89. The van der Waals surface area contributed by atoms with E-state index in [0.717, 1.165) is 0 Å². The molecule has 4 heteroatoms. The molecular weight excluding hydrogens is 134 g/mol. The summed E-state index contributed by atoms with van der Waals surface area (Å²) < 4.78 is 0. The van der Waals surface area contributed by atoms with E-state index in [1.54, 1.807) is 13.8 Å². The van der Waals surface area contributed by atoms with Gasteiger partial charge in [0, 0.05) is 0 Å². The largest absolute Gasteiger partial charge is 0.366 e. The van der Waals surface area contributed by atoms with E-state index in [-0.39, 0.29) is 5.92 Å². The Kier molecular flexibility index (Phi) is 3.99. The molecule has 4 nitrogen and oxygen atoms in total. The zero-order chi connectivity index (χ0) is 8.15. The third-order valence-electron chi connectivity index (χ3n) is 1.30. The van der Waals surface area contributed by atoms with Gasteiger partial charge in [0.1, 0.15) is 0 Å². The van der Waals surface area contributed by atoms with E-state index in [1.165, 1.54) is 0 Å². The SMILES string of the molecule is CC(C)[C@H](NC=O)C(O)O. The average molecular weight is 147 g/mol. The number of amides is 1. The van der Waals surface area contributed by atoms with Crippen LogP contribution < -0.4 is 5.32 Å². The van der Waals surface area contributed by atoms with Crippen molar-refractivity contribution in [3.8, 4) is 0 Å². The molecule has 0 bridgehead atoms. The van der Waals surface area contributed by atoms with Crippen LogP contribution in [-0.4, -0.2) is 29.0 Å². The molecule has 0 aliphatic heterocycles. The Morgan fingerprint density at radius 2 is 1.90 bits per heavy atom. The van der Waals surface area contributed by atoms with Crippen molar-refractivity contribution < 1.29 is 15.0 Å². The van der Waals surface area contributed by atoms with E-state index in [2.05, 4.69) is 5.32 Å². The van der Waals surface area contributed by atoms with Gasteiger partial charge >= 0.3 is 0 Å². The normalized spacial score (nSPS) is 13.8. The van der Waals surface area contributed by atoms with Crippen molar-refractivity contribution in [1.29, 1.82) is 0 Å². The van der Waals surface area contributed by atoms with Crippen LogP contribution >= 0.6 is 0 Å². The highest BCUT2D eigenvalue weighted by Crippen LogP contribution is 2.03. The lowest BCUT2D eigenvalue weighted by atomic mass is 10.0. The maximum Gasteiger partial charge on any atom is 0.207 e. The molecule has 0 rings (SSSR count). The highest BCUT2D eigenvalue weighted by molar-refractivity contribution is 5.46. The predicted octanol–water partition coefficient (Wildman–Crippen LogP) is -0.932. The first-order chi connectivity index (χ1) is 4.59. The van der Waals surface area contributed by atoms with Crippen LogP contribution in [0.4, 0.5) is 0 Å². The van der Waals surface area contributed by atoms with Gasteiger partial charge in [0.15, 0.2) is 6.29 Å². The zero-order valence-corrected chi connectivity index (χ0v) is 6.11. The summed E-state index contributed by atoms with van der Waals surface area (Å²) in [6.45, 7) is 3.58. The number of nitrogens with one attached hydrogen (secondary N) is 1. The molecule has 0 aliphatic rings. The summed E-state index contributed by atoms with van der Waals surface area (Å²) in [6.07, 6.45) is -1.02. The molecule has 0 aromatic heterocycles. The van der Waals surface area contributed by atoms with Crippen LogP contribution in [-0.2, 0) is 4.79 Å². The fourth-order valence-electron chi connectivity index (χ4n) is 0.701. The Labute approximate surface area is 59.9 Å². The van der Waals surface area contributed by atoms with Crippen LogP contribution in [0, 0.1) is 5.92 Å². The molecule has 0 unspecified atom stereocenters. The third kappa shape index (κ3) is 2.80. The lowest BCUT2D eigenvalue weighted by molar-refractivity contribution is -0.117.